The van der Waals surface area contributed by atoms with E-state index in [-0.39, 0.29) is 23.9 Å². The minimum atomic E-state index is -0.335. The Kier molecular flexibility index (Phi) is 3.58. The Morgan fingerprint density at radius 1 is 1.53 bits per heavy atom. The lowest BCUT2D eigenvalue weighted by Gasteiger charge is -2.12. The van der Waals surface area contributed by atoms with E-state index in [2.05, 4.69) is 10.1 Å². The van der Waals surface area contributed by atoms with Crippen molar-refractivity contribution in [2.24, 2.45) is 0 Å². The van der Waals surface area contributed by atoms with Crippen molar-refractivity contribution in [1.82, 2.24) is 5.32 Å². The van der Waals surface area contributed by atoms with E-state index in [0.717, 1.165) is 0 Å². The number of hydrogen-bond acceptors (Lipinski definition) is 4. The molecule has 17 heavy (non-hydrogen) atoms. The molecular formula is C12H14FNO3. The van der Waals surface area contributed by atoms with Crippen molar-refractivity contribution in [3.8, 4) is 5.75 Å². The second kappa shape index (κ2) is 5.14. The van der Waals surface area contributed by atoms with Gasteiger partial charge in [-0.2, -0.15) is 0 Å². The van der Waals surface area contributed by atoms with Crippen LogP contribution in [0.2, 0.25) is 0 Å². The predicted molar refractivity (Wildman–Crippen MR) is 59.2 cm³/mol. The van der Waals surface area contributed by atoms with Gasteiger partial charge in [0.25, 0.3) is 0 Å². The summed E-state index contributed by atoms with van der Waals surface area (Å²) in [6, 6.07) is 5.63. The van der Waals surface area contributed by atoms with E-state index >= 15 is 0 Å². The monoisotopic (exact) mass is 239 g/mol. The maximum Gasteiger partial charge on any atom is 0.323 e. The van der Waals surface area contributed by atoms with E-state index in [1.165, 1.54) is 19.2 Å². The van der Waals surface area contributed by atoms with Gasteiger partial charge in [-0.25, -0.2) is 4.39 Å². The van der Waals surface area contributed by atoms with Crippen LogP contribution < -0.4 is 10.1 Å². The Hall–Kier alpha value is -1.62. The SMILES string of the molecule is COC(=O)[C@@H]1C[C@H](Oc2cccc(F)c2)CN1. The van der Waals surface area contributed by atoms with Crippen LogP contribution in [0.1, 0.15) is 6.42 Å². The average Bonchev–Trinajstić information content (AvgIpc) is 2.76. The van der Waals surface area contributed by atoms with Gasteiger partial charge in [0.2, 0.25) is 0 Å². The Morgan fingerprint density at radius 3 is 3.06 bits per heavy atom. The van der Waals surface area contributed by atoms with Crippen molar-refractivity contribution >= 4 is 5.97 Å². The molecule has 0 unspecified atom stereocenters. The molecule has 1 heterocycles. The van der Waals surface area contributed by atoms with Gasteiger partial charge in [-0.3, -0.25) is 4.79 Å². The summed E-state index contributed by atoms with van der Waals surface area (Å²) in [5.41, 5.74) is 0. The van der Waals surface area contributed by atoms with E-state index in [0.29, 0.717) is 18.7 Å². The van der Waals surface area contributed by atoms with Crippen LogP contribution in [0.25, 0.3) is 0 Å². The van der Waals surface area contributed by atoms with Crippen LogP contribution in [-0.4, -0.2) is 31.8 Å². The van der Waals surface area contributed by atoms with Crippen LogP contribution in [0.15, 0.2) is 24.3 Å². The molecule has 1 aliphatic heterocycles. The molecule has 1 aromatic carbocycles. The standard InChI is InChI=1S/C12H14FNO3/c1-16-12(15)11-6-10(7-14-11)17-9-4-2-3-8(13)5-9/h2-5,10-11,14H,6-7H2,1H3/t10-,11-/m0/s1. The Labute approximate surface area is 98.7 Å². The number of esters is 1. The Balaban J connectivity index is 1.92. The zero-order valence-corrected chi connectivity index (χ0v) is 9.48. The third-order valence-electron chi connectivity index (χ3n) is 2.68. The maximum atomic E-state index is 12.9. The summed E-state index contributed by atoms with van der Waals surface area (Å²) in [7, 11) is 1.35. The van der Waals surface area contributed by atoms with Gasteiger partial charge in [-0.05, 0) is 12.1 Å². The zero-order chi connectivity index (χ0) is 12.3. The molecule has 1 aromatic rings. The minimum absolute atomic E-state index is 0.138. The summed E-state index contributed by atoms with van der Waals surface area (Å²) in [5, 5.41) is 3.00. The Morgan fingerprint density at radius 2 is 2.35 bits per heavy atom. The van der Waals surface area contributed by atoms with Crippen LogP contribution in [0.3, 0.4) is 0 Å². The quantitative estimate of drug-likeness (QED) is 0.803. The molecule has 5 heteroatoms. The molecule has 4 nitrogen and oxygen atoms in total. The number of benzene rings is 1. The van der Waals surface area contributed by atoms with Gasteiger partial charge in [-0.1, -0.05) is 6.07 Å². The van der Waals surface area contributed by atoms with Crippen LogP contribution in [0.4, 0.5) is 4.39 Å². The molecule has 0 aliphatic carbocycles. The summed E-state index contributed by atoms with van der Waals surface area (Å²) in [4.78, 5) is 11.3. The summed E-state index contributed by atoms with van der Waals surface area (Å²) in [6.45, 7) is 0.552. The van der Waals surface area contributed by atoms with E-state index in [1.54, 1.807) is 12.1 Å². The molecule has 0 aromatic heterocycles. The molecule has 0 spiro atoms. The second-order valence-corrected chi connectivity index (χ2v) is 3.92. The third-order valence-corrected chi connectivity index (χ3v) is 2.68. The smallest absolute Gasteiger partial charge is 0.323 e. The van der Waals surface area contributed by atoms with E-state index < -0.39 is 0 Å². The van der Waals surface area contributed by atoms with Crippen molar-refractivity contribution in [3.05, 3.63) is 30.1 Å². The number of carbonyl (C=O) groups excluding carboxylic acids is 1. The molecule has 0 saturated carbocycles. The zero-order valence-electron chi connectivity index (χ0n) is 9.48. The van der Waals surface area contributed by atoms with Crippen LogP contribution >= 0.6 is 0 Å². The fourth-order valence-electron chi connectivity index (χ4n) is 1.85. The number of nitrogens with one attached hydrogen (secondary N) is 1. The van der Waals surface area contributed by atoms with Gasteiger partial charge in [0.1, 0.15) is 23.7 Å². The summed E-state index contributed by atoms with van der Waals surface area (Å²) in [5.74, 6) is -0.157. The maximum absolute atomic E-state index is 12.9. The average molecular weight is 239 g/mol. The van der Waals surface area contributed by atoms with Gasteiger partial charge in [0.05, 0.1) is 7.11 Å². The summed E-state index contributed by atoms with van der Waals surface area (Å²) in [6.07, 6.45) is 0.393. The first kappa shape index (κ1) is 11.9. The first-order chi connectivity index (χ1) is 8.19. The van der Waals surface area contributed by atoms with E-state index in [4.69, 9.17) is 4.74 Å². The van der Waals surface area contributed by atoms with Crippen LogP contribution in [0.5, 0.6) is 5.75 Å². The molecular weight excluding hydrogens is 225 g/mol. The lowest BCUT2D eigenvalue weighted by atomic mass is 10.2. The lowest BCUT2D eigenvalue weighted by Crippen LogP contribution is -2.31. The van der Waals surface area contributed by atoms with Gasteiger partial charge >= 0.3 is 5.97 Å². The number of carbonyl (C=O) groups is 1. The van der Waals surface area contributed by atoms with Crippen molar-refractivity contribution in [2.45, 2.75) is 18.6 Å². The van der Waals surface area contributed by atoms with Crippen molar-refractivity contribution in [2.75, 3.05) is 13.7 Å². The van der Waals surface area contributed by atoms with Gasteiger partial charge in [0, 0.05) is 19.0 Å². The minimum Gasteiger partial charge on any atom is -0.489 e. The Bertz CT molecular complexity index is 410. The molecule has 92 valence electrons. The molecule has 1 fully saturated rings. The van der Waals surface area contributed by atoms with E-state index in [1.807, 2.05) is 0 Å². The normalized spacial score (nSPS) is 23.4. The number of hydrogen-bond donors (Lipinski definition) is 1. The molecule has 1 N–H and O–H groups in total. The fraction of sp³-hybridized carbons (Fsp3) is 0.417. The predicted octanol–water partition coefficient (Wildman–Crippen LogP) is 1.11. The number of rotatable bonds is 3. The molecule has 0 bridgehead atoms. The van der Waals surface area contributed by atoms with Crippen molar-refractivity contribution in [3.63, 3.8) is 0 Å². The molecule has 1 aliphatic rings. The first-order valence-corrected chi connectivity index (χ1v) is 5.42. The molecule has 0 radical (unpaired) electrons. The number of methoxy groups -OCH3 is 1. The topological polar surface area (TPSA) is 47.6 Å². The fourth-order valence-corrected chi connectivity index (χ4v) is 1.85. The number of ether oxygens (including phenoxy) is 2. The van der Waals surface area contributed by atoms with Crippen LogP contribution in [0, 0.1) is 5.82 Å². The van der Waals surface area contributed by atoms with Gasteiger partial charge in [0.15, 0.2) is 0 Å². The highest BCUT2D eigenvalue weighted by Crippen LogP contribution is 2.18. The molecule has 2 atom stereocenters. The second-order valence-electron chi connectivity index (χ2n) is 3.92. The highest BCUT2D eigenvalue weighted by atomic mass is 19.1. The molecule has 2 rings (SSSR count). The first-order valence-electron chi connectivity index (χ1n) is 5.42. The van der Waals surface area contributed by atoms with Crippen molar-refractivity contribution in [1.29, 1.82) is 0 Å². The van der Waals surface area contributed by atoms with Crippen molar-refractivity contribution < 1.29 is 18.7 Å². The summed E-state index contributed by atoms with van der Waals surface area (Å²) < 4.78 is 23.1. The highest BCUT2D eigenvalue weighted by Gasteiger charge is 2.31. The van der Waals surface area contributed by atoms with E-state index in [9.17, 15) is 9.18 Å². The van der Waals surface area contributed by atoms with Gasteiger partial charge in [-0.15, -0.1) is 0 Å². The molecule has 1 saturated heterocycles. The lowest BCUT2D eigenvalue weighted by molar-refractivity contribution is -0.142. The third kappa shape index (κ3) is 2.94. The largest absolute Gasteiger partial charge is 0.489 e. The van der Waals surface area contributed by atoms with Crippen LogP contribution in [-0.2, 0) is 9.53 Å². The highest BCUT2D eigenvalue weighted by molar-refractivity contribution is 5.76. The van der Waals surface area contributed by atoms with Gasteiger partial charge < -0.3 is 14.8 Å². The molecule has 0 amide bonds. The summed E-state index contributed by atoms with van der Waals surface area (Å²) >= 11 is 0. The number of halogens is 1.